The summed E-state index contributed by atoms with van der Waals surface area (Å²) in [6.45, 7) is 0.620. The van der Waals surface area contributed by atoms with Crippen molar-refractivity contribution in [2.75, 3.05) is 7.05 Å². The van der Waals surface area contributed by atoms with Gasteiger partial charge < -0.3 is 9.73 Å². The molecule has 0 saturated carbocycles. The van der Waals surface area contributed by atoms with Crippen LogP contribution < -0.4 is 0 Å². The lowest BCUT2D eigenvalue weighted by Crippen LogP contribution is -2.10. The monoisotopic (exact) mass is 227 g/mol. The van der Waals surface area contributed by atoms with Gasteiger partial charge in [-0.2, -0.15) is 0 Å². The molecule has 1 aliphatic rings. The van der Waals surface area contributed by atoms with Gasteiger partial charge in [0.15, 0.2) is 0 Å². The molecule has 0 spiro atoms. The molecular weight excluding hydrogens is 210 g/mol. The SMILES string of the molecule is CN=CC1CC=CC=C1OCc1ccccc1. The van der Waals surface area contributed by atoms with Gasteiger partial charge in [-0.05, 0) is 18.1 Å². The maximum atomic E-state index is 5.85. The zero-order valence-electron chi connectivity index (χ0n) is 10.0. The van der Waals surface area contributed by atoms with Crippen LogP contribution in [0.1, 0.15) is 12.0 Å². The van der Waals surface area contributed by atoms with Gasteiger partial charge in [0.25, 0.3) is 0 Å². The van der Waals surface area contributed by atoms with E-state index in [0.717, 1.165) is 12.2 Å². The molecule has 0 N–H and O–H groups in total. The largest absolute Gasteiger partial charge is 0.493 e. The van der Waals surface area contributed by atoms with Crippen LogP contribution in [0.5, 0.6) is 0 Å². The van der Waals surface area contributed by atoms with E-state index in [1.54, 1.807) is 7.05 Å². The second kappa shape index (κ2) is 6.04. The molecule has 0 aliphatic heterocycles. The van der Waals surface area contributed by atoms with E-state index in [9.17, 15) is 0 Å². The van der Waals surface area contributed by atoms with Gasteiger partial charge >= 0.3 is 0 Å². The van der Waals surface area contributed by atoms with Gasteiger partial charge in [-0.25, -0.2) is 0 Å². The molecule has 0 bridgehead atoms. The molecule has 1 aromatic carbocycles. The minimum Gasteiger partial charge on any atom is -0.493 e. The van der Waals surface area contributed by atoms with E-state index in [1.165, 1.54) is 5.56 Å². The van der Waals surface area contributed by atoms with Crippen molar-refractivity contribution in [1.82, 2.24) is 0 Å². The summed E-state index contributed by atoms with van der Waals surface area (Å²) in [6, 6.07) is 10.2. The van der Waals surface area contributed by atoms with Crippen molar-refractivity contribution in [1.29, 1.82) is 0 Å². The summed E-state index contributed by atoms with van der Waals surface area (Å²) in [6.07, 6.45) is 9.12. The van der Waals surface area contributed by atoms with E-state index in [4.69, 9.17) is 4.74 Å². The van der Waals surface area contributed by atoms with Crippen molar-refractivity contribution in [3.63, 3.8) is 0 Å². The van der Waals surface area contributed by atoms with E-state index >= 15 is 0 Å². The average Bonchev–Trinajstić information content (AvgIpc) is 2.39. The second-order valence-corrected chi connectivity index (χ2v) is 4.02. The number of aliphatic imine (C=N–C) groups is 1. The standard InChI is InChI=1S/C15H17NO/c1-16-11-14-9-5-6-10-15(14)17-12-13-7-3-2-4-8-13/h2-8,10-11,14H,9,12H2,1H3. The Hall–Kier alpha value is -1.83. The molecule has 0 heterocycles. The molecule has 1 atom stereocenters. The molecule has 0 saturated heterocycles. The van der Waals surface area contributed by atoms with Crippen LogP contribution in [0, 0.1) is 5.92 Å². The van der Waals surface area contributed by atoms with Gasteiger partial charge in [0.05, 0.1) is 5.92 Å². The summed E-state index contributed by atoms with van der Waals surface area (Å²) in [5, 5.41) is 0. The zero-order valence-corrected chi connectivity index (χ0v) is 10.0. The Kier molecular flexibility index (Phi) is 4.14. The maximum absolute atomic E-state index is 5.85. The van der Waals surface area contributed by atoms with Crippen molar-refractivity contribution >= 4 is 6.21 Å². The molecule has 1 aliphatic carbocycles. The second-order valence-electron chi connectivity index (χ2n) is 4.02. The first kappa shape index (κ1) is 11.6. The Morgan fingerprint density at radius 1 is 1.35 bits per heavy atom. The van der Waals surface area contributed by atoms with Crippen LogP contribution in [0.2, 0.25) is 0 Å². The Balaban J connectivity index is 1.97. The van der Waals surface area contributed by atoms with Gasteiger partial charge in [-0.3, -0.25) is 0 Å². The maximum Gasteiger partial charge on any atom is 0.113 e. The van der Waals surface area contributed by atoms with Crippen LogP contribution in [0.3, 0.4) is 0 Å². The van der Waals surface area contributed by atoms with Crippen molar-refractivity contribution in [3.05, 3.63) is 59.9 Å². The van der Waals surface area contributed by atoms with E-state index in [2.05, 4.69) is 23.2 Å². The topological polar surface area (TPSA) is 21.6 Å². The molecule has 2 rings (SSSR count). The van der Waals surface area contributed by atoms with Gasteiger partial charge in [-0.15, -0.1) is 0 Å². The predicted octanol–water partition coefficient (Wildman–Crippen LogP) is 3.36. The predicted molar refractivity (Wildman–Crippen MR) is 71.0 cm³/mol. The Bertz CT molecular complexity index is 431. The van der Waals surface area contributed by atoms with Crippen LogP contribution in [-0.4, -0.2) is 13.3 Å². The Morgan fingerprint density at radius 2 is 2.18 bits per heavy atom. The first-order chi connectivity index (χ1) is 8.40. The lowest BCUT2D eigenvalue weighted by Gasteiger charge is -2.18. The summed E-state index contributed by atoms with van der Waals surface area (Å²) in [4.78, 5) is 4.08. The molecule has 0 aromatic heterocycles. The van der Waals surface area contributed by atoms with E-state index in [1.807, 2.05) is 36.6 Å². The van der Waals surface area contributed by atoms with Crippen LogP contribution in [-0.2, 0) is 11.3 Å². The van der Waals surface area contributed by atoms with Crippen molar-refractivity contribution in [2.24, 2.45) is 10.9 Å². The molecule has 1 unspecified atom stereocenters. The minimum absolute atomic E-state index is 0.286. The van der Waals surface area contributed by atoms with Crippen molar-refractivity contribution in [2.45, 2.75) is 13.0 Å². The quantitative estimate of drug-likeness (QED) is 0.723. The molecular formula is C15H17NO. The number of hydrogen-bond acceptors (Lipinski definition) is 2. The highest BCUT2D eigenvalue weighted by atomic mass is 16.5. The number of benzene rings is 1. The summed E-state index contributed by atoms with van der Waals surface area (Å²) in [5.41, 5.74) is 1.19. The molecule has 88 valence electrons. The van der Waals surface area contributed by atoms with Gasteiger partial charge in [0.2, 0.25) is 0 Å². The highest BCUT2D eigenvalue weighted by molar-refractivity contribution is 5.65. The number of hydrogen-bond donors (Lipinski definition) is 0. The molecule has 2 heteroatoms. The Labute approximate surface area is 102 Å². The summed E-state index contributed by atoms with van der Waals surface area (Å²) in [5.74, 6) is 1.29. The summed E-state index contributed by atoms with van der Waals surface area (Å²) >= 11 is 0. The fraction of sp³-hybridized carbons (Fsp3) is 0.267. The summed E-state index contributed by atoms with van der Waals surface area (Å²) in [7, 11) is 1.80. The number of nitrogens with zero attached hydrogens (tertiary/aromatic N) is 1. The smallest absolute Gasteiger partial charge is 0.113 e. The molecule has 0 amide bonds. The fourth-order valence-corrected chi connectivity index (χ4v) is 1.84. The highest BCUT2D eigenvalue weighted by Gasteiger charge is 2.14. The average molecular weight is 227 g/mol. The lowest BCUT2D eigenvalue weighted by atomic mass is 10.00. The first-order valence-electron chi connectivity index (χ1n) is 5.86. The third kappa shape index (κ3) is 3.31. The zero-order chi connectivity index (χ0) is 11.9. The third-order valence-corrected chi connectivity index (χ3v) is 2.73. The third-order valence-electron chi connectivity index (χ3n) is 2.73. The van der Waals surface area contributed by atoms with Gasteiger partial charge in [0, 0.05) is 13.3 Å². The normalized spacial score (nSPS) is 19.4. The van der Waals surface area contributed by atoms with Crippen LogP contribution in [0.15, 0.2) is 59.3 Å². The Morgan fingerprint density at radius 3 is 2.94 bits per heavy atom. The van der Waals surface area contributed by atoms with Crippen molar-refractivity contribution < 1.29 is 4.74 Å². The fourth-order valence-electron chi connectivity index (χ4n) is 1.84. The molecule has 1 aromatic rings. The van der Waals surface area contributed by atoms with Crippen LogP contribution in [0.25, 0.3) is 0 Å². The number of rotatable bonds is 4. The molecule has 2 nitrogen and oxygen atoms in total. The molecule has 0 fully saturated rings. The van der Waals surface area contributed by atoms with E-state index in [-0.39, 0.29) is 5.92 Å². The van der Waals surface area contributed by atoms with Crippen LogP contribution >= 0.6 is 0 Å². The van der Waals surface area contributed by atoms with E-state index < -0.39 is 0 Å². The number of ether oxygens (including phenoxy) is 1. The lowest BCUT2D eigenvalue weighted by molar-refractivity contribution is 0.178. The molecule has 0 radical (unpaired) electrons. The number of allylic oxidation sites excluding steroid dienone is 4. The van der Waals surface area contributed by atoms with Crippen LogP contribution in [0.4, 0.5) is 0 Å². The van der Waals surface area contributed by atoms with E-state index in [0.29, 0.717) is 6.61 Å². The van der Waals surface area contributed by atoms with Gasteiger partial charge in [0.1, 0.15) is 12.4 Å². The summed E-state index contributed by atoms with van der Waals surface area (Å²) < 4.78 is 5.85. The first-order valence-corrected chi connectivity index (χ1v) is 5.86. The molecule has 17 heavy (non-hydrogen) atoms. The van der Waals surface area contributed by atoms with Gasteiger partial charge in [-0.1, -0.05) is 42.5 Å². The minimum atomic E-state index is 0.286. The van der Waals surface area contributed by atoms with Crippen molar-refractivity contribution in [3.8, 4) is 0 Å². The highest BCUT2D eigenvalue weighted by Crippen LogP contribution is 2.21.